The Labute approximate surface area is 49.5 Å². The van der Waals surface area contributed by atoms with Crippen LogP contribution >= 0.6 is 0 Å². The Morgan fingerprint density at radius 3 is 2.75 bits per heavy atom. The molecule has 1 heterocycles. The van der Waals surface area contributed by atoms with Gasteiger partial charge in [-0.15, -0.1) is 0 Å². The van der Waals surface area contributed by atoms with Gasteiger partial charge in [0, 0.05) is 6.54 Å². The Kier molecular flexibility index (Phi) is 1.63. The van der Waals surface area contributed by atoms with E-state index in [4.69, 9.17) is 0 Å². The van der Waals surface area contributed by atoms with Gasteiger partial charge in [0.25, 0.3) is 0 Å². The first-order chi connectivity index (χ1) is 3.88. The van der Waals surface area contributed by atoms with Gasteiger partial charge in [-0.25, -0.2) is 0 Å². The van der Waals surface area contributed by atoms with Crippen molar-refractivity contribution in [3.8, 4) is 0 Å². The molecule has 0 aromatic rings. The minimum atomic E-state index is 0.125. The second kappa shape index (κ2) is 2.27. The van der Waals surface area contributed by atoms with Gasteiger partial charge >= 0.3 is 0 Å². The van der Waals surface area contributed by atoms with E-state index < -0.39 is 0 Å². The van der Waals surface area contributed by atoms with Gasteiger partial charge < -0.3 is 0 Å². The molecule has 0 amide bonds. The van der Waals surface area contributed by atoms with E-state index in [1.165, 1.54) is 0 Å². The van der Waals surface area contributed by atoms with Gasteiger partial charge in [-0.2, -0.15) is 0 Å². The predicted molar refractivity (Wildman–Crippen MR) is 31.3 cm³/mol. The van der Waals surface area contributed by atoms with Gasteiger partial charge in [0.15, 0.2) is 0 Å². The average Bonchev–Trinajstić information content (AvgIpc) is 1.66. The monoisotopic (exact) mass is 112 g/mol. The standard InChI is InChI=1S/C6H10NO/c1-2-7-4-3-6(7)5-8/h6H,2-4H2,1H3. The van der Waals surface area contributed by atoms with Crippen LogP contribution in [0.1, 0.15) is 13.3 Å². The van der Waals surface area contributed by atoms with Gasteiger partial charge in [0.05, 0.1) is 6.04 Å². The van der Waals surface area contributed by atoms with Crippen LogP contribution in [-0.4, -0.2) is 30.3 Å². The molecule has 1 aliphatic heterocycles. The van der Waals surface area contributed by atoms with E-state index in [-0.39, 0.29) is 6.04 Å². The topological polar surface area (TPSA) is 20.3 Å². The highest BCUT2D eigenvalue weighted by Crippen LogP contribution is 2.12. The minimum absolute atomic E-state index is 0.125. The second-order valence-electron chi connectivity index (χ2n) is 2.05. The van der Waals surface area contributed by atoms with Crippen molar-refractivity contribution < 1.29 is 4.79 Å². The number of hydrogen-bond acceptors (Lipinski definition) is 2. The van der Waals surface area contributed by atoms with Crippen molar-refractivity contribution in [2.45, 2.75) is 19.4 Å². The summed E-state index contributed by atoms with van der Waals surface area (Å²) in [5, 5.41) is 0. The lowest BCUT2D eigenvalue weighted by atomic mass is 10.1. The van der Waals surface area contributed by atoms with Crippen LogP contribution in [0.25, 0.3) is 0 Å². The third kappa shape index (κ3) is 0.757. The molecule has 1 aliphatic rings. The zero-order valence-corrected chi connectivity index (χ0v) is 5.05. The SMILES string of the molecule is CCN1CCC1[C]=O. The summed E-state index contributed by atoms with van der Waals surface area (Å²) in [5.74, 6) is 0. The van der Waals surface area contributed by atoms with Crippen molar-refractivity contribution in [3.05, 3.63) is 0 Å². The molecule has 1 saturated heterocycles. The summed E-state index contributed by atoms with van der Waals surface area (Å²) >= 11 is 0. The van der Waals surface area contributed by atoms with Crippen LogP contribution < -0.4 is 0 Å². The molecular formula is C6H10NO. The number of rotatable bonds is 2. The molecule has 1 rings (SSSR count). The van der Waals surface area contributed by atoms with Crippen molar-refractivity contribution in [3.63, 3.8) is 0 Å². The van der Waals surface area contributed by atoms with Crippen LogP contribution in [0.15, 0.2) is 0 Å². The van der Waals surface area contributed by atoms with Crippen LogP contribution in [0.4, 0.5) is 0 Å². The Bertz CT molecular complexity index is 90.5. The molecule has 0 spiro atoms. The molecule has 0 aromatic carbocycles. The molecule has 1 atom stereocenters. The summed E-state index contributed by atoms with van der Waals surface area (Å²) in [6.45, 7) is 4.12. The van der Waals surface area contributed by atoms with E-state index in [9.17, 15) is 4.79 Å². The Morgan fingerprint density at radius 2 is 2.62 bits per heavy atom. The quantitative estimate of drug-likeness (QED) is 0.508. The van der Waals surface area contributed by atoms with Gasteiger partial charge in [-0.3, -0.25) is 9.69 Å². The van der Waals surface area contributed by atoms with E-state index in [0.717, 1.165) is 19.5 Å². The van der Waals surface area contributed by atoms with Crippen molar-refractivity contribution in [1.29, 1.82) is 0 Å². The molecule has 1 fully saturated rings. The fourth-order valence-corrected chi connectivity index (χ4v) is 0.953. The molecular weight excluding hydrogens is 102 g/mol. The van der Waals surface area contributed by atoms with Crippen LogP contribution in [0.5, 0.6) is 0 Å². The lowest BCUT2D eigenvalue weighted by Gasteiger charge is -2.35. The van der Waals surface area contributed by atoms with Crippen LogP contribution in [0, 0.1) is 0 Å². The normalized spacial score (nSPS) is 29.4. The van der Waals surface area contributed by atoms with Crippen molar-refractivity contribution in [2.24, 2.45) is 0 Å². The van der Waals surface area contributed by atoms with E-state index in [0.29, 0.717) is 0 Å². The number of likely N-dealkylation sites (tertiary alicyclic amines) is 1. The molecule has 0 saturated carbocycles. The molecule has 0 N–H and O–H groups in total. The smallest absolute Gasteiger partial charge is 0.217 e. The van der Waals surface area contributed by atoms with Gasteiger partial charge in [0.1, 0.15) is 0 Å². The van der Waals surface area contributed by atoms with E-state index in [2.05, 4.69) is 11.8 Å². The first-order valence-corrected chi connectivity index (χ1v) is 3.00. The summed E-state index contributed by atoms with van der Waals surface area (Å²) in [6.07, 6.45) is 2.99. The Balaban J connectivity index is 2.26. The third-order valence-corrected chi connectivity index (χ3v) is 1.67. The highest BCUT2D eigenvalue weighted by molar-refractivity contribution is 5.59. The molecule has 1 unspecified atom stereocenters. The number of carbonyl (C=O) groups excluding carboxylic acids is 1. The number of hydrogen-bond donors (Lipinski definition) is 0. The zero-order valence-electron chi connectivity index (χ0n) is 5.05. The fraction of sp³-hybridized carbons (Fsp3) is 0.833. The lowest BCUT2D eigenvalue weighted by Crippen LogP contribution is -2.48. The molecule has 2 heteroatoms. The fourth-order valence-electron chi connectivity index (χ4n) is 0.953. The molecule has 0 aromatic heterocycles. The van der Waals surface area contributed by atoms with E-state index in [1.54, 1.807) is 0 Å². The maximum absolute atomic E-state index is 9.99. The Hall–Kier alpha value is -0.370. The number of likely N-dealkylation sites (N-methyl/N-ethyl adjacent to an activating group) is 1. The molecule has 0 aliphatic carbocycles. The molecule has 1 radical (unpaired) electrons. The largest absolute Gasteiger partial charge is 0.293 e. The van der Waals surface area contributed by atoms with Gasteiger partial charge in [-0.05, 0) is 13.0 Å². The highest BCUT2D eigenvalue weighted by Gasteiger charge is 2.25. The Morgan fingerprint density at radius 1 is 1.88 bits per heavy atom. The van der Waals surface area contributed by atoms with Crippen molar-refractivity contribution in [1.82, 2.24) is 4.90 Å². The maximum atomic E-state index is 9.99. The van der Waals surface area contributed by atoms with Crippen molar-refractivity contribution in [2.75, 3.05) is 13.1 Å². The van der Waals surface area contributed by atoms with Crippen molar-refractivity contribution >= 4 is 6.29 Å². The zero-order chi connectivity index (χ0) is 5.98. The van der Waals surface area contributed by atoms with Crippen LogP contribution in [0.3, 0.4) is 0 Å². The van der Waals surface area contributed by atoms with Crippen LogP contribution in [0.2, 0.25) is 0 Å². The van der Waals surface area contributed by atoms with Crippen LogP contribution in [-0.2, 0) is 4.79 Å². The summed E-state index contributed by atoms with van der Waals surface area (Å²) in [6, 6.07) is 0.125. The molecule has 2 nitrogen and oxygen atoms in total. The minimum Gasteiger partial charge on any atom is -0.293 e. The number of nitrogens with zero attached hydrogens (tertiary/aromatic N) is 1. The third-order valence-electron chi connectivity index (χ3n) is 1.67. The van der Waals surface area contributed by atoms with Gasteiger partial charge in [-0.1, -0.05) is 6.92 Å². The van der Waals surface area contributed by atoms with E-state index in [1.807, 2.05) is 6.29 Å². The van der Waals surface area contributed by atoms with Gasteiger partial charge in [0.2, 0.25) is 6.29 Å². The molecule has 8 heavy (non-hydrogen) atoms. The summed E-state index contributed by atoms with van der Waals surface area (Å²) in [5.41, 5.74) is 0. The van der Waals surface area contributed by atoms with E-state index >= 15 is 0 Å². The summed E-state index contributed by atoms with van der Waals surface area (Å²) in [7, 11) is 0. The predicted octanol–water partition coefficient (Wildman–Crippen LogP) is 0.190. The first-order valence-electron chi connectivity index (χ1n) is 3.00. The first kappa shape index (κ1) is 5.76. The summed E-state index contributed by atoms with van der Waals surface area (Å²) < 4.78 is 0. The second-order valence-corrected chi connectivity index (χ2v) is 2.05. The molecule has 45 valence electrons. The summed E-state index contributed by atoms with van der Waals surface area (Å²) in [4.78, 5) is 12.1. The molecule has 0 bridgehead atoms. The lowest BCUT2D eigenvalue weighted by molar-refractivity contribution is 0.145. The average molecular weight is 112 g/mol. The maximum Gasteiger partial charge on any atom is 0.217 e. The highest BCUT2D eigenvalue weighted by atomic mass is 16.1.